The van der Waals surface area contributed by atoms with Gasteiger partial charge in [0.2, 0.25) is 0 Å². The number of rotatable bonds is 6. The first-order valence-electron chi connectivity index (χ1n) is 18.4. The molecule has 0 aliphatic heterocycles. The molecular formula is C50H39N3. The zero-order valence-corrected chi connectivity index (χ0v) is 30.2. The summed E-state index contributed by atoms with van der Waals surface area (Å²) >= 11 is 0. The number of nitrogens with one attached hydrogen (secondary N) is 1. The van der Waals surface area contributed by atoms with E-state index in [9.17, 15) is 0 Å². The number of hydrogen-bond donors (Lipinski definition) is 1. The summed E-state index contributed by atoms with van der Waals surface area (Å²) in [6.45, 7) is 11.6. The molecule has 1 aliphatic carbocycles. The molecule has 1 unspecified atom stereocenters. The predicted molar refractivity (Wildman–Crippen MR) is 226 cm³/mol. The van der Waals surface area contributed by atoms with Crippen LogP contribution >= 0.6 is 0 Å². The van der Waals surface area contributed by atoms with Gasteiger partial charge < -0.3 is 5.32 Å². The van der Waals surface area contributed by atoms with Crippen molar-refractivity contribution in [1.29, 1.82) is 0 Å². The van der Waals surface area contributed by atoms with Crippen LogP contribution in [-0.4, -0.2) is 10.3 Å². The van der Waals surface area contributed by atoms with Crippen LogP contribution in [0.4, 0.5) is 0 Å². The maximum atomic E-state index is 5.44. The molecule has 1 atom stereocenters. The number of fused-ring (bicyclic) bond motifs is 12. The van der Waals surface area contributed by atoms with Gasteiger partial charge in [0.25, 0.3) is 0 Å². The standard InChI is InChI=1S/C50H39N3/c1-31(33-16-6-5-7-17-33)51-49(36-26-27-45-42(29-36)39-22-14-15-25-44(39)50(45,3)4)52-32(2)53-46-30-35-19-9-8-18-34(35)28-43(46)47-40-23-12-10-20-37(40)38-21-11-13-24-41(38)48(47)53/h5-30,49,52H,2H2,1,3-4H3/b51-31+. The molecule has 0 fully saturated rings. The third-order valence-corrected chi connectivity index (χ3v) is 11.5. The third kappa shape index (κ3) is 4.77. The third-order valence-electron chi connectivity index (χ3n) is 11.5. The van der Waals surface area contributed by atoms with Crippen LogP contribution in [0.15, 0.2) is 169 Å². The van der Waals surface area contributed by atoms with Crippen LogP contribution in [-0.2, 0) is 5.41 Å². The van der Waals surface area contributed by atoms with Crippen molar-refractivity contribution in [2.24, 2.45) is 4.99 Å². The summed E-state index contributed by atoms with van der Waals surface area (Å²) in [6.07, 6.45) is -0.399. The lowest BCUT2D eigenvalue weighted by molar-refractivity contribution is 0.646. The number of hydrogen-bond acceptors (Lipinski definition) is 2. The van der Waals surface area contributed by atoms with Crippen molar-refractivity contribution in [3.05, 3.63) is 187 Å². The van der Waals surface area contributed by atoms with E-state index in [0.717, 1.165) is 33.7 Å². The van der Waals surface area contributed by atoms with Gasteiger partial charge in [-0.2, -0.15) is 0 Å². The Hall–Kier alpha value is -6.45. The van der Waals surface area contributed by atoms with Crippen LogP contribution in [0, 0.1) is 0 Å². The highest BCUT2D eigenvalue weighted by Gasteiger charge is 2.35. The van der Waals surface area contributed by atoms with Gasteiger partial charge in [-0.05, 0) is 85.4 Å². The predicted octanol–water partition coefficient (Wildman–Crippen LogP) is 12.8. The fraction of sp³-hybridized carbons (Fsp3) is 0.100. The Morgan fingerprint density at radius 1 is 0.604 bits per heavy atom. The first kappa shape index (κ1) is 31.3. The molecule has 0 saturated carbocycles. The fourth-order valence-electron chi connectivity index (χ4n) is 8.91. The Labute approximate surface area is 309 Å². The number of aromatic nitrogens is 1. The highest BCUT2D eigenvalue weighted by molar-refractivity contribution is 6.33. The number of aliphatic imine (C=N–C) groups is 1. The molecule has 8 aromatic carbocycles. The molecule has 1 aliphatic rings. The average Bonchev–Trinajstić information content (AvgIpc) is 3.65. The Morgan fingerprint density at radius 3 is 1.98 bits per heavy atom. The van der Waals surface area contributed by atoms with E-state index in [4.69, 9.17) is 11.6 Å². The van der Waals surface area contributed by atoms with E-state index in [-0.39, 0.29) is 5.41 Å². The van der Waals surface area contributed by atoms with Crippen LogP contribution < -0.4 is 5.32 Å². The minimum Gasteiger partial charge on any atom is -0.346 e. The summed E-state index contributed by atoms with van der Waals surface area (Å²) in [5, 5.41) is 13.7. The lowest BCUT2D eigenvalue weighted by Gasteiger charge is -2.24. The highest BCUT2D eigenvalue weighted by Crippen LogP contribution is 2.49. The normalized spacial score (nSPS) is 14.2. The first-order chi connectivity index (χ1) is 25.9. The SMILES string of the molecule is C=C(NC(/N=C(\C)c1ccccc1)c1ccc2c(c1)-c1ccccc1C2(C)C)n1c2cc3ccccc3cc2c2c3ccccc3c3ccccc3c21. The van der Waals surface area contributed by atoms with Crippen LogP contribution in [0.25, 0.3) is 71.1 Å². The summed E-state index contributed by atoms with van der Waals surface area (Å²) in [4.78, 5) is 5.44. The van der Waals surface area contributed by atoms with E-state index in [1.54, 1.807) is 0 Å². The maximum absolute atomic E-state index is 5.44. The summed E-state index contributed by atoms with van der Waals surface area (Å²) in [5.41, 5.74) is 10.6. The topological polar surface area (TPSA) is 29.3 Å². The molecule has 1 aromatic heterocycles. The lowest BCUT2D eigenvalue weighted by Crippen LogP contribution is -2.23. The van der Waals surface area contributed by atoms with Gasteiger partial charge in [0.05, 0.1) is 11.0 Å². The van der Waals surface area contributed by atoms with Crippen molar-refractivity contribution in [3.8, 4) is 11.1 Å². The van der Waals surface area contributed by atoms with Gasteiger partial charge in [0.1, 0.15) is 12.0 Å². The summed E-state index contributed by atoms with van der Waals surface area (Å²) in [6, 6.07) is 57.1. The van der Waals surface area contributed by atoms with Crippen LogP contribution in [0.5, 0.6) is 0 Å². The average molecular weight is 682 g/mol. The van der Waals surface area contributed by atoms with Gasteiger partial charge in [-0.25, -0.2) is 0 Å². The second kappa shape index (κ2) is 11.8. The molecule has 1 heterocycles. The van der Waals surface area contributed by atoms with Crippen LogP contribution in [0.1, 0.15) is 49.2 Å². The van der Waals surface area contributed by atoms with E-state index in [2.05, 4.69) is 182 Å². The summed E-state index contributed by atoms with van der Waals surface area (Å²) < 4.78 is 2.35. The highest BCUT2D eigenvalue weighted by atomic mass is 15.2. The molecule has 3 heteroatoms. The molecule has 1 N–H and O–H groups in total. The van der Waals surface area contributed by atoms with E-state index in [1.165, 1.54) is 65.3 Å². The first-order valence-corrected chi connectivity index (χ1v) is 18.4. The Balaban J connectivity index is 1.22. The van der Waals surface area contributed by atoms with Gasteiger partial charge in [0, 0.05) is 27.3 Å². The van der Waals surface area contributed by atoms with Gasteiger partial charge >= 0.3 is 0 Å². The number of benzene rings is 8. The Morgan fingerprint density at radius 2 is 1.21 bits per heavy atom. The summed E-state index contributed by atoms with van der Waals surface area (Å²) in [5.74, 6) is 0.775. The second-order valence-corrected chi connectivity index (χ2v) is 14.9. The van der Waals surface area contributed by atoms with E-state index in [1.807, 2.05) is 6.07 Å². The molecular weight excluding hydrogens is 643 g/mol. The van der Waals surface area contributed by atoms with E-state index in [0.29, 0.717) is 0 Å². The molecule has 53 heavy (non-hydrogen) atoms. The Bertz CT molecular complexity index is 2980. The van der Waals surface area contributed by atoms with Crippen molar-refractivity contribution >= 4 is 65.7 Å². The van der Waals surface area contributed by atoms with E-state index >= 15 is 0 Å². The van der Waals surface area contributed by atoms with Gasteiger partial charge in [-0.3, -0.25) is 9.56 Å². The minimum absolute atomic E-state index is 0.0736. The molecule has 3 nitrogen and oxygen atoms in total. The number of nitrogens with zero attached hydrogens (tertiary/aromatic N) is 2. The quantitative estimate of drug-likeness (QED) is 0.137. The largest absolute Gasteiger partial charge is 0.346 e. The minimum atomic E-state index is -0.399. The molecule has 0 saturated heterocycles. The van der Waals surface area contributed by atoms with Crippen molar-refractivity contribution < 1.29 is 0 Å². The van der Waals surface area contributed by atoms with E-state index < -0.39 is 6.17 Å². The molecule has 0 radical (unpaired) electrons. The van der Waals surface area contributed by atoms with Crippen molar-refractivity contribution in [3.63, 3.8) is 0 Å². The van der Waals surface area contributed by atoms with Gasteiger partial charge in [-0.15, -0.1) is 0 Å². The zero-order chi connectivity index (χ0) is 35.8. The molecule has 254 valence electrons. The molecule has 9 aromatic rings. The zero-order valence-electron chi connectivity index (χ0n) is 30.2. The lowest BCUT2D eigenvalue weighted by atomic mass is 9.82. The second-order valence-electron chi connectivity index (χ2n) is 14.9. The van der Waals surface area contributed by atoms with Crippen molar-refractivity contribution in [1.82, 2.24) is 9.88 Å². The van der Waals surface area contributed by atoms with Gasteiger partial charge in [-0.1, -0.05) is 160 Å². The van der Waals surface area contributed by atoms with Crippen LogP contribution in [0.3, 0.4) is 0 Å². The summed E-state index contributed by atoms with van der Waals surface area (Å²) in [7, 11) is 0. The van der Waals surface area contributed by atoms with Crippen LogP contribution in [0.2, 0.25) is 0 Å². The molecule has 0 amide bonds. The molecule has 10 rings (SSSR count). The smallest absolute Gasteiger partial charge is 0.146 e. The van der Waals surface area contributed by atoms with Gasteiger partial charge in [0.15, 0.2) is 0 Å². The molecule has 0 bridgehead atoms. The maximum Gasteiger partial charge on any atom is 0.146 e. The molecule has 0 spiro atoms. The fourth-order valence-corrected chi connectivity index (χ4v) is 8.91. The monoisotopic (exact) mass is 681 g/mol. The van der Waals surface area contributed by atoms with Crippen molar-refractivity contribution in [2.75, 3.05) is 0 Å². The Kier molecular flexibility index (Phi) is 6.97. The van der Waals surface area contributed by atoms with Crippen molar-refractivity contribution in [2.45, 2.75) is 32.4 Å².